The highest BCUT2D eigenvalue weighted by Gasteiger charge is 2.40. The van der Waals surface area contributed by atoms with Gasteiger partial charge in [-0.2, -0.15) is 0 Å². The average Bonchev–Trinajstić information content (AvgIpc) is 3.09. The summed E-state index contributed by atoms with van der Waals surface area (Å²) in [5, 5.41) is 14.3. The molecule has 2 aromatic carbocycles. The first-order valence-electron chi connectivity index (χ1n) is 11.2. The standard InChI is InChI=1S/C26H32N2O5/c1-16(2)23(26(3,4)24(31)27-14-13-22(29)30)28-25(32)33-15-21-19-11-7-5-9-17(19)18-10-6-8-12-20(18)21/h5-12,16,21,23H,13-15H2,1-4H3,(H,27,31)(H,28,32)(H,29,30). The molecule has 7 heteroatoms. The summed E-state index contributed by atoms with van der Waals surface area (Å²) in [5.41, 5.74) is 3.61. The molecule has 0 heterocycles. The molecule has 1 aliphatic carbocycles. The van der Waals surface area contributed by atoms with E-state index < -0.39 is 23.5 Å². The molecule has 0 fully saturated rings. The van der Waals surface area contributed by atoms with Crippen LogP contribution in [0.4, 0.5) is 4.79 Å². The lowest BCUT2D eigenvalue weighted by Crippen LogP contribution is -2.55. The molecule has 176 valence electrons. The molecule has 0 saturated heterocycles. The van der Waals surface area contributed by atoms with Crippen LogP contribution in [0, 0.1) is 11.3 Å². The molecule has 7 nitrogen and oxygen atoms in total. The van der Waals surface area contributed by atoms with E-state index in [4.69, 9.17) is 9.84 Å². The highest BCUT2D eigenvalue weighted by atomic mass is 16.5. The zero-order chi connectivity index (χ0) is 24.2. The summed E-state index contributed by atoms with van der Waals surface area (Å²) in [5.74, 6) is -1.40. The second kappa shape index (κ2) is 10.1. The summed E-state index contributed by atoms with van der Waals surface area (Å²) < 4.78 is 5.65. The minimum absolute atomic E-state index is 0.0351. The summed E-state index contributed by atoms with van der Waals surface area (Å²) in [6.45, 7) is 7.53. The van der Waals surface area contributed by atoms with Gasteiger partial charge in [-0.05, 0) is 42.0 Å². The number of carboxylic acids is 1. The maximum Gasteiger partial charge on any atom is 0.407 e. The maximum atomic E-state index is 12.8. The third-order valence-electron chi connectivity index (χ3n) is 6.27. The van der Waals surface area contributed by atoms with Gasteiger partial charge in [-0.1, -0.05) is 62.4 Å². The van der Waals surface area contributed by atoms with Gasteiger partial charge in [0.15, 0.2) is 0 Å². The molecule has 1 aliphatic rings. The van der Waals surface area contributed by atoms with E-state index in [1.54, 1.807) is 13.8 Å². The average molecular weight is 453 g/mol. The van der Waals surface area contributed by atoms with Crippen molar-refractivity contribution in [2.24, 2.45) is 11.3 Å². The molecule has 0 bridgehead atoms. The van der Waals surface area contributed by atoms with Gasteiger partial charge in [-0.15, -0.1) is 0 Å². The van der Waals surface area contributed by atoms with Gasteiger partial charge in [0.25, 0.3) is 0 Å². The van der Waals surface area contributed by atoms with Crippen LogP contribution in [0.2, 0.25) is 0 Å². The number of carbonyl (C=O) groups excluding carboxylic acids is 2. The second-order valence-corrected chi connectivity index (χ2v) is 9.31. The minimum Gasteiger partial charge on any atom is -0.481 e. The Hall–Kier alpha value is -3.35. The monoisotopic (exact) mass is 452 g/mol. The number of hydrogen-bond donors (Lipinski definition) is 3. The Balaban J connectivity index is 1.66. The van der Waals surface area contributed by atoms with Gasteiger partial charge < -0.3 is 20.5 Å². The number of rotatable bonds is 9. The van der Waals surface area contributed by atoms with Crippen molar-refractivity contribution >= 4 is 18.0 Å². The van der Waals surface area contributed by atoms with E-state index in [0.717, 1.165) is 22.3 Å². The van der Waals surface area contributed by atoms with Crippen molar-refractivity contribution in [3.05, 3.63) is 59.7 Å². The number of benzene rings is 2. The normalized spacial score (nSPS) is 13.7. The number of nitrogens with one attached hydrogen (secondary N) is 2. The van der Waals surface area contributed by atoms with Gasteiger partial charge in [0.1, 0.15) is 6.61 Å². The van der Waals surface area contributed by atoms with E-state index in [9.17, 15) is 14.4 Å². The smallest absolute Gasteiger partial charge is 0.407 e. The Morgan fingerprint density at radius 3 is 2.06 bits per heavy atom. The Kier molecular flexibility index (Phi) is 7.41. The molecular formula is C26H32N2O5. The van der Waals surface area contributed by atoms with E-state index in [-0.39, 0.29) is 37.3 Å². The van der Waals surface area contributed by atoms with Crippen LogP contribution in [0.3, 0.4) is 0 Å². The lowest BCUT2D eigenvalue weighted by molar-refractivity contribution is -0.137. The molecular weight excluding hydrogens is 420 g/mol. The molecule has 0 saturated carbocycles. The number of fused-ring (bicyclic) bond motifs is 3. The van der Waals surface area contributed by atoms with E-state index in [1.807, 2.05) is 38.1 Å². The Morgan fingerprint density at radius 1 is 1.00 bits per heavy atom. The fourth-order valence-electron chi connectivity index (χ4n) is 4.60. The molecule has 33 heavy (non-hydrogen) atoms. The summed E-state index contributed by atoms with van der Waals surface area (Å²) in [6.07, 6.45) is -0.740. The van der Waals surface area contributed by atoms with Gasteiger partial charge in [-0.3, -0.25) is 9.59 Å². The van der Waals surface area contributed by atoms with Crippen LogP contribution >= 0.6 is 0 Å². The Morgan fingerprint density at radius 2 is 1.55 bits per heavy atom. The van der Waals surface area contributed by atoms with Gasteiger partial charge in [0.2, 0.25) is 5.91 Å². The van der Waals surface area contributed by atoms with E-state index in [2.05, 4.69) is 34.9 Å². The summed E-state index contributed by atoms with van der Waals surface area (Å²) in [7, 11) is 0. The van der Waals surface area contributed by atoms with Gasteiger partial charge in [0, 0.05) is 18.5 Å². The van der Waals surface area contributed by atoms with Crippen LogP contribution in [-0.2, 0) is 14.3 Å². The van der Waals surface area contributed by atoms with Crippen molar-refractivity contribution in [2.45, 2.75) is 46.1 Å². The molecule has 2 amide bonds. The summed E-state index contributed by atoms with van der Waals surface area (Å²) in [4.78, 5) is 36.2. The first-order chi connectivity index (χ1) is 15.6. The number of hydrogen-bond acceptors (Lipinski definition) is 4. The number of carboxylic acid groups (broad SMARTS) is 1. The predicted octanol–water partition coefficient (Wildman–Crippen LogP) is 4.17. The highest BCUT2D eigenvalue weighted by Crippen LogP contribution is 2.44. The van der Waals surface area contributed by atoms with Gasteiger partial charge in [-0.25, -0.2) is 4.79 Å². The molecule has 3 rings (SSSR count). The Bertz CT molecular complexity index is 985. The molecule has 0 spiro atoms. The number of aliphatic carboxylic acids is 1. The quantitative estimate of drug-likeness (QED) is 0.530. The lowest BCUT2D eigenvalue weighted by Gasteiger charge is -2.36. The first-order valence-corrected chi connectivity index (χ1v) is 11.2. The maximum absolute atomic E-state index is 12.8. The van der Waals surface area contributed by atoms with Crippen molar-refractivity contribution in [3.8, 4) is 11.1 Å². The van der Waals surface area contributed by atoms with Gasteiger partial charge >= 0.3 is 12.1 Å². The van der Waals surface area contributed by atoms with Crippen molar-refractivity contribution in [1.82, 2.24) is 10.6 Å². The molecule has 0 aromatic heterocycles. The van der Waals surface area contributed by atoms with Crippen LogP contribution in [-0.4, -0.2) is 42.3 Å². The van der Waals surface area contributed by atoms with Gasteiger partial charge in [0.05, 0.1) is 11.8 Å². The zero-order valence-corrected chi connectivity index (χ0v) is 19.6. The highest BCUT2D eigenvalue weighted by molar-refractivity contribution is 5.84. The summed E-state index contributed by atoms with van der Waals surface area (Å²) in [6, 6.07) is 15.7. The predicted molar refractivity (Wildman–Crippen MR) is 126 cm³/mol. The van der Waals surface area contributed by atoms with Crippen molar-refractivity contribution in [1.29, 1.82) is 0 Å². The minimum atomic E-state index is -0.981. The zero-order valence-electron chi connectivity index (χ0n) is 19.6. The van der Waals surface area contributed by atoms with Crippen molar-refractivity contribution < 1.29 is 24.2 Å². The molecule has 0 aliphatic heterocycles. The number of amides is 2. The number of alkyl carbamates (subject to hydrolysis) is 1. The molecule has 1 atom stereocenters. The van der Waals surface area contributed by atoms with Crippen LogP contribution in [0.15, 0.2) is 48.5 Å². The fourth-order valence-corrected chi connectivity index (χ4v) is 4.60. The molecule has 0 radical (unpaired) electrons. The lowest BCUT2D eigenvalue weighted by atomic mass is 9.77. The second-order valence-electron chi connectivity index (χ2n) is 9.31. The van der Waals surface area contributed by atoms with E-state index >= 15 is 0 Å². The molecule has 1 unspecified atom stereocenters. The number of carbonyl (C=O) groups is 3. The van der Waals surface area contributed by atoms with Crippen molar-refractivity contribution in [2.75, 3.05) is 13.2 Å². The first kappa shape index (κ1) is 24.3. The van der Waals surface area contributed by atoms with Crippen LogP contribution in [0.1, 0.15) is 51.2 Å². The molecule has 3 N–H and O–H groups in total. The molecule has 2 aromatic rings. The number of ether oxygens (including phenoxy) is 1. The van der Waals surface area contributed by atoms with Crippen molar-refractivity contribution in [3.63, 3.8) is 0 Å². The topological polar surface area (TPSA) is 105 Å². The Labute approximate surface area is 194 Å². The largest absolute Gasteiger partial charge is 0.481 e. The van der Waals surface area contributed by atoms with Crippen LogP contribution < -0.4 is 10.6 Å². The third kappa shape index (κ3) is 5.35. The van der Waals surface area contributed by atoms with Crippen LogP contribution in [0.5, 0.6) is 0 Å². The van der Waals surface area contributed by atoms with Crippen LogP contribution in [0.25, 0.3) is 11.1 Å². The van der Waals surface area contributed by atoms with E-state index in [0.29, 0.717) is 0 Å². The van der Waals surface area contributed by atoms with E-state index in [1.165, 1.54) is 0 Å². The summed E-state index contributed by atoms with van der Waals surface area (Å²) >= 11 is 0. The fraction of sp³-hybridized carbons (Fsp3) is 0.423. The SMILES string of the molecule is CC(C)C(NC(=O)OCC1c2ccccc2-c2ccccc21)C(C)(C)C(=O)NCCC(=O)O. The third-order valence-corrected chi connectivity index (χ3v) is 6.27.